The first kappa shape index (κ1) is 19.1. The van der Waals surface area contributed by atoms with Gasteiger partial charge in [-0.3, -0.25) is 9.69 Å². The molecule has 1 aromatic heterocycles. The summed E-state index contributed by atoms with van der Waals surface area (Å²) in [4.78, 5) is 29.9. The normalized spacial score (nSPS) is 19.1. The van der Waals surface area contributed by atoms with Gasteiger partial charge in [-0.25, -0.2) is 9.78 Å². The van der Waals surface area contributed by atoms with Crippen molar-refractivity contribution in [2.75, 3.05) is 18.1 Å². The molecule has 29 heavy (non-hydrogen) atoms. The average molecular weight is 400 g/mol. The summed E-state index contributed by atoms with van der Waals surface area (Å²) in [6.07, 6.45) is 0.731. The van der Waals surface area contributed by atoms with Crippen LogP contribution in [0, 0.1) is 5.92 Å². The Morgan fingerprint density at radius 2 is 2.10 bits per heavy atom. The summed E-state index contributed by atoms with van der Waals surface area (Å²) >= 11 is 0. The molecule has 3 heterocycles. The lowest BCUT2D eigenvalue weighted by Gasteiger charge is -2.21. The standard InChI is InChI=1S/C20H24N4O5/c1-11(2)15-10-28-20(26)24(15)17-9-23-6-7-27-16-8-13(29-12(3)18(21)25)4-5-14(16)19(23)22-17/h4-5,8-9,11-12,15H,6-7,10H2,1-3H3,(H2,21,25)/t12-,15-/m0/s1. The van der Waals surface area contributed by atoms with Crippen LogP contribution in [0.3, 0.4) is 0 Å². The molecule has 4 rings (SSSR count). The average Bonchev–Trinajstić information content (AvgIpc) is 3.21. The minimum atomic E-state index is -0.749. The zero-order valence-electron chi connectivity index (χ0n) is 16.6. The number of cyclic esters (lactones) is 1. The highest BCUT2D eigenvalue weighted by Crippen LogP contribution is 2.37. The molecule has 1 aromatic carbocycles. The minimum absolute atomic E-state index is 0.0524. The molecule has 1 fully saturated rings. The minimum Gasteiger partial charge on any atom is -0.491 e. The van der Waals surface area contributed by atoms with Crippen LogP contribution in [0.4, 0.5) is 10.6 Å². The number of rotatable bonds is 5. The molecule has 1 saturated heterocycles. The van der Waals surface area contributed by atoms with Gasteiger partial charge in [0.1, 0.15) is 30.5 Å². The number of ether oxygens (including phenoxy) is 3. The molecule has 2 N–H and O–H groups in total. The Balaban J connectivity index is 1.68. The lowest BCUT2D eigenvalue weighted by molar-refractivity contribution is -0.123. The second-order valence-electron chi connectivity index (χ2n) is 7.54. The van der Waals surface area contributed by atoms with E-state index in [-0.39, 0.29) is 18.1 Å². The third-order valence-corrected chi connectivity index (χ3v) is 5.18. The van der Waals surface area contributed by atoms with Crippen molar-refractivity contribution in [2.45, 2.75) is 39.5 Å². The smallest absolute Gasteiger partial charge is 0.415 e. The number of benzene rings is 1. The molecule has 0 unspecified atom stereocenters. The van der Waals surface area contributed by atoms with Gasteiger partial charge in [0.25, 0.3) is 5.91 Å². The molecule has 0 saturated carbocycles. The molecule has 2 aliphatic heterocycles. The van der Waals surface area contributed by atoms with Crippen LogP contribution in [-0.4, -0.2) is 46.9 Å². The highest BCUT2D eigenvalue weighted by atomic mass is 16.6. The Labute approximate surface area is 168 Å². The van der Waals surface area contributed by atoms with Crippen LogP contribution in [-0.2, 0) is 16.1 Å². The van der Waals surface area contributed by atoms with E-state index in [0.29, 0.717) is 42.9 Å². The van der Waals surface area contributed by atoms with E-state index in [4.69, 9.17) is 24.9 Å². The summed E-state index contributed by atoms with van der Waals surface area (Å²) < 4.78 is 18.6. The molecule has 154 valence electrons. The lowest BCUT2D eigenvalue weighted by atomic mass is 10.1. The number of primary amides is 1. The molecular weight excluding hydrogens is 376 g/mol. The monoisotopic (exact) mass is 400 g/mol. The van der Waals surface area contributed by atoms with E-state index >= 15 is 0 Å². The van der Waals surface area contributed by atoms with Crippen molar-refractivity contribution in [3.8, 4) is 22.9 Å². The Kier molecular flexibility index (Phi) is 4.81. The van der Waals surface area contributed by atoms with E-state index in [2.05, 4.69) is 13.8 Å². The molecular formula is C20H24N4O5. The molecule has 0 aliphatic carbocycles. The molecule has 0 bridgehead atoms. The summed E-state index contributed by atoms with van der Waals surface area (Å²) in [5, 5.41) is 0. The lowest BCUT2D eigenvalue weighted by Crippen LogP contribution is -2.37. The first-order chi connectivity index (χ1) is 13.8. The highest BCUT2D eigenvalue weighted by molar-refractivity contribution is 5.89. The van der Waals surface area contributed by atoms with Crippen molar-refractivity contribution in [1.82, 2.24) is 9.55 Å². The van der Waals surface area contributed by atoms with Crippen molar-refractivity contribution >= 4 is 17.8 Å². The van der Waals surface area contributed by atoms with E-state index in [0.717, 1.165) is 5.56 Å². The molecule has 2 aliphatic rings. The largest absolute Gasteiger partial charge is 0.491 e. The van der Waals surface area contributed by atoms with Crippen LogP contribution in [0.5, 0.6) is 11.5 Å². The zero-order valence-corrected chi connectivity index (χ0v) is 16.6. The molecule has 0 radical (unpaired) electrons. The van der Waals surface area contributed by atoms with Gasteiger partial charge in [-0.2, -0.15) is 0 Å². The Hall–Kier alpha value is -3.23. The number of carbonyl (C=O) groups excluding carboxylic acids is 2. The van der Waals surface area contributed by atoms with Gasteiger partial charge in [0.05, 0.1) is 18.2 Å². The number of amides is 2. The predicted molar refractivity (Wildman–Crippen MR) is 105 cm³/mol. The number of imidazole rings is 1. The molecule has 2 aromatic rings. The number of anilines is 1. The van der Waals surface area contributed by atoms with Crippen LogP contribution >= 0.6 is 0 Å². The predicted octanol–water partition coefficient (Wildman–Crippen LogP) is 2.18. The summed E-state index contributed by atoms with van der Waals surface area (Å²) in [5.74, 6) is 2.04. The Morgan fingerprint density at radius 3 is 2.83 bits per heavy atom. The number of hydrogen-bond acceptors (Lipinski definition) is 6. The summed E-state index contributed by atoms with van der Waals surface area (Å²) in [5.41, 5.74) is 6.04. The fourth-order valence-corrected chi connectivity index (χ4v) is 3.49. The first-order valence-corrected chi connectivity index (χ1v) is 9.61. The van der Waals surface area contributed by atoms with Gasteiger partial charge in [-0.05, 0) is 25.0 Å². The molecule has 2 atom stereocenters. The second kappa shape index (κ2) is 7.31. The fourth-order valence-electron chi connectivity index (χ4n) is 3.49. The van der Waals surface area contributed by atoms with E-state index < -0.39 is 12.0 Å². The maximum atomic E-state index is 12.3. The molecule has 0 spiro atoms. The highest BCUT2D eigenvalue weighted by Gasteiger charge is 2.38. The molecule has 2 amide bonds. The maximum absolute atomic E-state index is 12.3. The number of nitrogens with two attached hydrogens (primary N) is 1. The topological polar surface area (TPSA) is 109 Å². The second-order valence-corrected chi connectivity index (χ2v) is 7.54. The number of hydrogen-bond donors (Lipinski definition) is 1. The Bertz CT molecular complexity index is 954. The summed E-state index contributed by atoms with van der Waals surface area (Å²) in [6.45, 7) is 7.07. The van der Waals surface area contributed by atoms with Gasteiger partial charge in [0, 0.05) is 12.3 Å². The van der Waals surface area contributed by atoms with Gasteiger partial charge >= 0.3 is 6.09 Å². The van der Waals surface area contributed by atoms with Crippen molar-refractivity contribution in [2.24, 2.45) is 11.7 Å². The number of fused-ring (bicyclic) bond motifs is 3. The third kappa shape index (κ3) is 3.48. The van der Waals surface area contributed by atoms with Gasteiger partial charge in [0.2, 0.25) is 0 Å². The van der Waals surface area contributed by atoms with E-state index in [9.17, 15) is 9.59 Å². The van der Waals surface area contributed by atoms with Gasteiger partial charge in [-0.1, -0.05) is 13.8 Å². The van der Waals surface area contributed by atoms with Crippen LogP contribution in [0.2, 0.25) is 0 Å². The SMILES string of the molecule is CC(C)[C@@H]1COC(=O)N1c1cn2c(n1)-c1ccc(O[C@@H](C)C(N)=O)cc1OCC2. The van der Waals surface area contributed by atoms with Crippen LogP contribution in [0.1, 0.15) is 20.8 Å². The summed E-state index contributed by atoms with van der Waals surface area (Å²) in [7, 11) is 0. The van der Waals surface area contributed by atoms with Gasteiger partial charge in [-0.15, -0.1) is 0 Å². The first-order valence-electron chi connectivity index (χ1n) is 9.61. The number of carbonyl (C=O) groups is 2. The maximum Gasteiger partial charge on any atom is 0.415 e. The van der Waals surface area contributed by atoms with Crippen molar-refractivity contribution in [3.63, 3.8) is 0 Å². The van der Waals surface area contributed by atoms with Crippen molar-refractivity contribution < 1.29 is 23.8 Å². The molecule has 9 nitrogen and oxygen atoms in total. The third-order valence-electron chi connectivity index (χ3n) is 5.18. The van der Waals surface area contributed by atoms with Crippen molar-refractivity contribution in [3.05, 3.63) is 24.4 Å². The van der Waals surface area contributed by atoms with Crippen LogP contribution < -0.4 is 20.1 Å². The summed E-state index contributed by atoms with van der Waals surface area (Å²) in [6, 6.07) is 5.24. The number of nitrogens with zero attached hydrogens (tertiary/aromatic N) is 3. The van der Waals surface area contributed by atoms with Gasteiger partial charge < -0.3 is 24.5 Å². The van der Waals surface area contributed by atoms with Gasteiger partial charge in [0.15, 0.2) is 11.9 Å². The Morgan fingerprint density at radius 1 is 1.31 bits per heavy atom. The van der Waals surface area contributed by atoms with E-state index in [1.165, 1.54) is 0 Å². The fraction of sp³-hybridized carbons (Fsp3) is 0.450. The van der Waals surface area contributed by atoms with Crippen LogP contribution in [0.15, 0.2) is 24.4 Å². The quantitative estimate of drug-likeness (QED) is 0.824. The van der Waals surface area contributed by atoms with Crippen LogP contribution in [0.25, 0.3) is 11.4 Å². The van der Waals surface area contributed by atoms with Crippen molar-refractivity contribution in [1.29, 1.82) is 0 Å². The molecule has 9 heteroatoms. The van der Waals surface area contributed by atoms with E-state index in [1.54, 1.807) is 24.0 Å². The van der Waals surface area contributed by atoms with E-state index in [1.807, 2.05) is 16.8 Å². The zero-order chi connectivity index (χ0) is 20.7. The number of aromatic nitrogens is 2.